The number of hydrogen-bond donors (Lipinski definition) is 1. The van der Waals surface area contributed by atoms with Crippen LogP contribution in [0, 0.1) is 0 Å². The number of pyridine rings is 1. The Bertz CT molecular complexity index is 638. The molecule has 1 atom stereocenters. The lowest BCUT2D eigenvalue weighted by atomic mass is 10.3. The zero-order chi connectivity index (χ0) is 13.9. The fourth-order valence-electron chi connectivity index (χ4n) is 1.70. The molecule has 7 nitrogen and oxygen atoms in total. The molecule has 0 spiro atoms. The molecule has 19 heavy (non-hydrogen) atoms. The molecule has 0 saturated heterocycles. The predicted molar refractivity (Wildman–Crippen MR) is 68.7 cm³/mol. The summed E-state index contributed by atoms with van der Waals surface area (Å²) in [5.74, 6) is 0.579. The van der Waals surface area contributed by atoms with Crippen LogP contribution in [0.1, 0.15) is 25.7 Å². The van der Waals surface area contributed by atoms with E-state index in [1.807, 2.05) is 6.92 Å². The molecule has 0 saturated carbocycles. The minimum Gasteiger partial charge on any atom is -0.317 e. The van der Waals surface area contributed by atoms with Crippen molar-refractivity contribution in [2.24, 2.45) is 0 Å². The van der Waals surface area contributed by atoms with Gasteiger partial charge in [0.2, 0.25) is 10.0 Å². The average molecular weight is 281 g/mol. The Hall–Kier alpha value is -1.80. The summed E-state index contributed by atoms with van der Waals surface area (Å²) in [6.07, 6.45) is 4.40. The number of nitrogens with zero attached hydrogens (tertiary/aromatic N) is 4. The van der Waals surface area contributed by atoms with Gasteiger partial charge >= 0.3 is 0 Å². The molecule has 1 N–H and O–H groups in total. The highest BCUT2D eigenvalue weighted by atomic mass is 32.2. The Kier molecular flexibility index (Phi) is 3.91. The first-order valence-corrected chi connectivity index (χ1v) is 7.33. The topological polar surface area (TPSA) is 89.8 Å². The summed E-state index contributed by atoms with van der Waals surface area (Å²) in [7, 11) is -3.60. The minimum atomic E-state index is -3.60. The van der Waals surface area contributed by atoms with E-state index in [2.05, 4.69) is 19.9 Å². The van der Waals surface area contributed by atoms with Crippen LogP contribution >= 0.6 is 0 Å². The minimum absolute atomic E-state index is 0.129. The van der Waals surface area contributed by atoms with Gasteiger partial charge in [0, 0.05) is 18.9 Å². The zero-order valence-corrected chi connectivity index (χ0v) is 11.5. The smallest absolute Gasteiger partial charge is 0.242 e. The third-order valence-electron chi connectivity index (χ3n) is 2.65. The summed E-state index contributed by atoms with van der Waals surface area (Å²) in [4.78, 5) is 3.93. The van der Waals surface area contributed by atoms with Crippen LogP contribution < -0.4 is 4.72 Å². The summed E-state index contributed by atoms with van der Waals surface area (Å²) in [5.41, 5.74) is 0. The molecule has 8 heteroatoms. The van der Waals surface area contributed by atoms with E-state index in [0.29, 0.717) is 12.4 Å². The highest BCUT2D eigenvalue weighted by molar-refractivity contribution is 7.89. The molecule has 0 radical (unpaired) electrons. The molecule has 0 bridgehead atoms. The average Bonchev–Trinajstić information content (AvgIpc) is 2.87. The molecule has 0 fully saturated rings. The molecule has 0 aliphatic carbocycles. The Morgan fingerprint density at radius 2 is 2.26 bits per heavy atom. The second kappa shape index (κ2) is 5.45. The number of aromatic nitrogens is 4. The van der Waals surface area contributed by atoms with Gasteiger partial charge in [-0.1, -0.05) is 0 Å². The van der Waals surface area contributed by atoms with Crippen molar-refractivity contribution in [1.82, 2.24) is 24.5 Å². The lowest BCUT2D eigenvalue weighted by Crippen LogP contribution is -2.28. The second-order valence-electron chi connectivity index (χ2n) is 4.01. The van der Waals surface area contributed by atoms with Crippen LogP contribution in [0.3, 0.4) is 0 Å². The van der Waals surface area contributed by atoms with Crippen LogP contribution in [0.25, 0.3) is 0 Å². The van der Waals surface area contributed by atoms with E-state index in [9.17, 15) is 8.42 Å². The molecular weight excluding hydrogens is 266 g/mol. The molecule has 2 heterocycles. The first kappa shape index (κ1) is 13.6. The van der Waals surface area contributed by atoms with Gasteiger partial charge in [0.25, 0.3) is 0 Å². The van der Waals surface area contributed by atoms with Gasteiger partial charge < -0.3 is 4.57 Å². The highest BCUT2D eigenvalue weighted by Crippen LogP contribution is 2.14. The van der Waals surface area contributed by atoms with E-state index in [-0.39, 0.29) is 4.90 Å². The normalized spacial score (nSPS) is 13.4. The zero-order valence-electron chi connectivity index (χ0n) is 10.7. The number of aryl methyl sites for hydroxylation is 1. The summed E-state index contributed by atoms with van der Waals surface area (Å²) in [6, 6.07) is 2.60. The molecular formula is C11H15N5O2S. The van der Waals surface area contributed by atoms with Crippen LogP contribution in [0.5, 0.6) is 0 Å². The summed E-state index contributed by atoms with van der Waals surface area (Å²) in [5, 5.41) is 7.72. The maximum atomic E-state index is 12.1. The first-order chi connectivity index (χ1) is 9.04. The van der Waals surface area contributed by atoms with Crippen molar-refractivity contribution in [3.05, 3.63) is 36.7 Å². The Balaban J connectivity index is 2.22. The monoisotopic (exact) mass is 281 g/mol. The Labute approximate surface area is 111 Å². The summed E-state index contributed by atoms with van der Waals surface area (Å²) < 4.78 is 28.6. The van der Waals surface area contributed by atoms with Crippen molar-refractivity contribution in [2.75, 3.05) is 0 Å². The molecule has 102 valence electrons. The van der Waals surface area contributed by atoms with E-state index < -0.39 is 16.1 Å². The fraction of sp³-hybridized carbons (Fsp3) is 0.364. The van der Waals surface area contributed by atoms with E-state index in [0.717, 1.165) is 0 Å². The van der Waals surface area contributed by atoms with Gasteiger partial charge in [-0.15, -0.1) is 10.2 Å². The third-order valence-corrected chi connectivity index (χ3v) is 4.18. The van der Waals surface area contributed by atoms with Crippen LogP contribution in [0.15, 0.2) is 35.7 Å². The second-order valence-corrected chi connectivity index (χ2v) is 5.72. The van der Waals surface area contributed by atoms with Crippen molar-refractivity contribution in [3.63, 3.8) is 0 Å². The van der Waals surface area contributed by atoms with Gasteiger partial charge in [-0.3, -0.25) is 4.98 Å². The molecule has 0 aliphatic heterocycles. The number of sulfonamides is 1. The van der Waals surface area contributed by atoms with E-state index in [1.165, 1.54) is 18.5 Å². The Morgan fingerprint density at radius 1 is 1.47 bits per heavy atom. The van der Waals surface area contributed by atoms with E-state index in [1.54, 1.807) is 23.9 Å². The van der Waals surface area contributed by atoms with Crippen LogP contribution in [0.4, 0.5) is 0 Å². The van der Waals surface area contributed by atoms with Crippen LogP contribution in [-0.2, 0) is 16.6 Å². The quantitative estimate of drug-likeness (QED) is 0.872. The molecule has 2 aromatic heterocycles. The van der Waals surface area contributed by atoms with Gasteiger partial charge in [0.05, 0.1) is 6.04 Å². The first-order valence-electron chi connectivity index (χ1n) is 5.84. The van der Waals surface area contributed by atoms with Gasteiger partial charge in [-0.2, -0.15) is 0 Å². The molecule has 0 unspecified atom stereocenters. The van der Waals surface area contributed by atoms with Gasteiger partial charge in [-0.05, 0) is 26.0 Å². The van der Waals surface area contributed by atoms with Crippen molar-refractivity contribution in [3.8, 4) is 0 Å². The van der Waals surface area contributed by atoms with E-state index >= 15 is 0 Å². The van der Waals surface area contributed by atoms with Gasteiger partial charge in [-0.25, -0.2) is 13.1 Å². The number of rotatable bonds is 5. The van der Waals surface area contributed by atoms with Crippen LogP contribution in [-0.4, -0.2) is 28.2 Å². The van der Waals surface area contributed by atoms with E-state index in [4.69, 9.17) is 0 Å². The SMILES string of the molecule is CCn1cnnc1[C@H](C)NS(=O)(=O)c1cccnc1. The number of hydrogen-bond acceptors (Lipinski definition) is 5. The highest BCUT2D eigenvalue weighted by Gasteiger charge is 2.21. The molecule has 0 aliphatic rings. The fourth-order valence-corrected chi connectivity index (χ4v) is 2.87. The Morgan fingerprint density at radius 3 is 2.89 bits per heavy atom. The maximum absolute atomic E-state index is 12.1. The summed E-state index contributed by atoms with van der Waals surface area (Å²) in [6.45, 7) is 4.35. The third kappa shape index (κ3) is 2.96. The van der Waals surface area contributed by atoms with Crippen molar-refractivity contribution < 1.29 is 8.42 Å². The lowest BCUT2D eigenvalue weighted by Gasteiger charge is -2.14. The van der Waals surface area contributed by atoms with Gasteiger partial charge in [0.1, 0.15) is 11.2 Å². The molecule has 2 aromatic rings. The lowest BCUT2D eigenvalue weighted by molar-refractivity contribution is 0.546. The largest absolute Gasteiger partial charge is 0.317 e. The van der Waals surface area contributed by atoms with Crippen LogP contribution in [0.2, 0.25) is 0 Å². The molecule has 0 amide bonds. The van der Waals surface area contributed by atoms with Crippen molar-refractivity contribution in [1.29, 1.82) is 0 Å². The maximum Gasteiger partial charge on any atom is 0.242 e. The van der Waals surface area contributed by atoms with Crippen molar-refractivity contribution in [2.45, 2.75) is 31.3 Å². The predicted octanol–water partition coefficient (Wildman–Crippen LogP) is 0.732. The molecule has 0 aromatic carbocycles. The number of nitrogens with one attached hydrogen (secondary N) is 1. The summed E-state index contributed by atoms with van der Waals surface area (Å²) >= 11 is 0. The van der Waals surface area contributed by atoms with Crippen molar-refractivity contribution >= 4 is 10.0 Å². The molecule has 2 rings (SSSR count). The standard InChI is InChI=1S/C11H15N5O2S/c1-3-16-8-13-14-11(16)9(2)15-19(17,18)10-5-4-6-12-7-10/h4-9,15H,3H2,1-2H3/t9-/m0/s1. The van der Waals surface area contributed by atoms with Gasteiger partial charge in [0.15, 0.2) is 5.82 Å².